The molecular weight excluding hydrogens is 528 g/mol. The summed E-state index contributed by atoms with van der Waals surface area (Å²) >= 11 is 0. The molecule has 0 spiro atoms. The fourth-order valence-corrected chi connectivity index (χ4v) is 5.45. The van der Waals surface area contributed by atoms with Gasteiger partial charge in [0.2, 0.25) is 0 Å². The zero-order valence-corrected chi connectivity index (χ0v) is 22.6. The maximum absolute atomic E-state index is 11.9. The van der Waals surface area contributed by atoms with Crippen LogP contribution in [0.4, 0.5) is 16.4 Å². The molecule has 1 unspecified atom stereocenters. The molecule has 3 atom stereocenters. The summed E-state index contributed by atoms with van der Waals surface area (Å²) in [6, 6.07) is 10.7. The Hall–Kier alpha value is -4.78. The average Bonchev–Trinajstić information content (AvgIpc) is 3.35. The van der Waals surface area contributed by atoms with Crippen molar-refractivity contribution >= 4 is 29.2 Å². The molecule has 212 valence electrons. The van der Waals surface area contributed by atoms with Gasteiger partial charge >= 0.3 is 6.09 Å². The lowest BCUT2D eigenvalue weighted by Crippen LogP contribution is -2.60. The van der Waals surface area contributed by atoms with Gasteiger partial charge in [0.15, 0.2) is 17.3 Å². The van der Waals surface area contributed by atoms with E-state index in [1.807, 2.05) is 44.3 Å². The van der Waals surface area contributed by atoms with Crippen LogP contribution in [-0.2, 0) is 4.74 Å². The minimum absolute atomic E-state index is 0.150. The topological polar surface area (TPSA) is 156 Å². The molecule has 0 saturated carbocycles. The third-order valence-corrected chi connectivity index (χ3v) is 7.26. The van der Waals surface area contributed by atoms with Gasteiger partial charge in [0.1, 0.15) is 11.9 Å². The Labute approximate surface area is 235 Å². The zero-order valence-electron chi connectivity index (χ0n) is 22.6. The van der Waals surface area contributed by atoms with Gasteiger partial charge in [-0.05, 0) is 49.7 Å². The lowest BCUT2D eigenvalue weighted by Gasteiger charge is -2.46. The number of aryl methyl sites for hydroxylation is 1. The molecule has 3 N–H and O–H groups in total. The summed E-state index contributed by atoms with van der Waals surface area (Å²) in [6.45, 7) is 5.03. The second kappa shape index (κ2) is 11.0. The van der Waals surface area contributed by atoms with Crippen molar-refractivity contribution < 1.29 is 24.2 Å². The molecule has 6 rings (SSSR count). The first-order chi connectivity index (χ1) is 19.9. The number of carbonyl (C=O) groups excluding carboxylic acids is 1. The Balaban J connectivity index is 1.21. The van der Waals surface area contributed by atoms with Crippen molar-refractivity contribution in [2.75, 3.05) is 25.1 Å². The van der Waals surface area contributed by atoms with Gasteiger partial charge in [-0.3, -0.25) is 14.7 Å². The highest BCUT2D eigenvalue weighted by Crippen LogP contribution is 2.35. The van der Waals surface area contributed by atoms with Crippen LogP contribution in [0.5, 0.6) is 5.75 Å². The quantitative estimate of drug-likeness (QED) is 0.308. The van der Waals surface area contributed by atoms with Crippen molar-refractivity contribution in [2.45, 2.75) is 44.9 Å². The Morgan fingerprint density at radius 3 is 2.61 bits per heavy atom. The average molecular weight is 559 g/mol. The Morgan fingerprint density at radius 1 is 1.10 bits per heavy atom. The second-order valence-electron chi connectivity index (χ2n) is 10.2. The van der Waals surface area contributed by atoms with Crippen LogP contribution in [0.2, 0.25) is 0 Å². The fourth-order valence-electron chi connectivity index (χ4n) is 5.45. The zero-order chi connectivity index (χ0) is 28.5. The minimum atomic E-state index is -0.911. The summed E-state index contributed by atoms with van der Waals surface area (Å²) in [6.07, 6.45) is 3.65. The van der Waals surface area contributed by atoms with Crippen LogP contribution in [0.25, 0.3) is 16.6 Å². The Morgan fingerprint density at radius 2 is 1.90 bits per heavy atom. The summed E-state index contributed by atoms with van der Waals surface area (Å²) < 4.78 is 13.9. The minimum Gasteiger partial charge on any atom is -0.488 e. The number of morpholine rings is 1. The van der Waals surface area contributed by atoms with E-state index in [1.54, 1.807) is 22.8 Å². The van der Waals surface area contributed by atoms with Gasteiger partial charge in [0, 0.05) is 42.9 Å². The van der Waals surface area contributed by atoms with E-state index in [9.17, 15) is 14.7 Å². The van der Waals surface area contributed by atoms with E-state index in [2.05, 4.69) is 30.9 Å². The van der Waals surface area contributed by atoms with Crippen molar-refractivity contribution in [3.05, 3.63) is 60.2 Å². The lowest BCUT2D eigenvalue weighted by molar-refractivity contribution is -0.0857. The molecule has 4 aromatic rings. The van der Waals surface area contributed by atoms with Crippen LogP contribution in [0.15, 0.2) is 48.8 Å². The third kappa shape index (κ3) is 5.48. The number of hydrogen-bond acceptors (Lipinski definition) is 9. The van der Waals surface area contributed by atoms with Crippen molar-refractivity contribution in [3.63, 3.8) is 0 Å². The molecule has 0 radical (unpaired) electrons. The number of rotatable bonds is 7. The molecule has 2 bridgehead atoms. The molecule has 2 amide bonds. The number of nitrogens with one attached hydrogen (secondary N) is 2. The molecule has 6 heterocycles. The highest BCUT2D eigenvalue weighted by molar-refractivity contribution is 5.92. The first-order valence-corrected chi connectivity index (χ1v) is 13.5. The summed E-state index contributed by atoms with van der Waals surface area (Å²) in [7, 11) is 0. The number of carbonyl (C=O) groups is 2. The number of carboxylic acid groups (broad SMARTS) is 1. The van der Waals surface area contributed by atoms with E-state index in [-0.39, 0.29) is 29.8 Å². The highest BCUT2D eigenvalue weighted by Gasteiger charge is 2.42. The SMILES string of the molecule is CCNC(=O)c1ccc(Nc2cc3cc(-c4cc(C)ncc4OC4C[C@H]5COC[C@@H](C4)N5C(=O)O)ccn3n2)nn1. The Kier molecular flexibility index (Phi) is 7.10. The van der Waals surface area contributed by atoms with Gasteiger partial charge in [-0.15, -0.1) is 10.2 Å². The summed E-state index contributed by atoms with van der Waals surface area (Å²) in [5, 5.41) is 28.1. The summed E-state index contributed by atoms with van der Waals surface area (Å²) in [5.41, 5.74) is 3.76. The maximum atomic E-state index is 11.9. The van der Waals surface area contributed by atoms with Crippen molar-refractivity contribution in [1.29, 1.82) is 0 Å². The van der Waals surface area contributed by atoms with Crippen LogP contribution in [0, 0.1) is 6.92 Å². The molecule has 2 fully saturated rings. The van der Waals surface area contributed by atoms with Crippen LogP contribution in [0.1, 0.15) is 35.9 Å². The molecule has 2 saturated heterocycles. The van der Waals surface area contributed by atoms with Gasteiger partial charge in [0.05, 0.1) is 37.0 Å². The first-order valence-electron chi connectivity index (χ1n) is 13.5. The molecule has 0 aliphatic carbocycles. The van der Waals surface area contributed by atoms with Crippen molar-refractivity contribution in [3.8, 4) is 16.9 Å². The van der Waals surface area contributed by atoms with Gasteiger partial charge in [-0.1, -0.05) is 0 Å². The smallest absolute Gasteiger partial charge is 0.407 e. The van der Waals surface area contributed by atoms with Gasteiger partial charge in [0.25, 0.3) is 5.91 Å². The molecule has 13 nitrogen and oxygen atoms in total. The molecule has 41 heavy (non-hydrogen) atoms. The Bertz CT molecular complexity index is 1580. The van der Waals surface area contributed by atoms with Gasteiger partial charge in [-0.2, -0.15) is 5.10 Å². The predicted molar refractivity (Wildman–Crippen MR) is 148 cm³/mol. The van der Waals surface area contributed by atoms with E-state index in [0.29, 0.717) is 50.0 Å². The summed E-state index contributed by atoms with van der Waals surface area (Å²) in [4.78, 5) is 29.7. The van der Waals surface area contributed by atoms with E-state index in [1.165, 1.54) is 4.90 Å². The number of nitrogens with zero attached hydrogens (tertiary/aromatic N) is 6. The normalized spacial score (nSPS) is 20.0. The number of amides is 2. The number of hydrogen-bond donors (Lipinski definition) is 3. The van der Waals surface area contributed by atoms with Crippen LogP contribution < -0.4 is 15.4 Å². The second-order valence-corrected chi connectivity index (χ2v) is 10.2. The van der Waals surface area contributed by atoms with Crippen molar-refractivity contribution in [2.24, 2.45) is 0 Å². The standard InChI is InChI=1S/C28H30N8O5/c1-3-29-27(37)23-4-5-25(33-32-23)31-26-12-18-9-17(6-7-35(18)34-26)22-8-16(2)30-13-24(22)41-21-10-19-14-40-15-20(11-21)36(19)28(38)39/h4-9,12-13,19-21H,3,10-11,14-15H2,1-2H3,(H,29,37)(H,38,39)(H,31,33,34)/t19-,20+,21?. The third-order valence-electron chi connectivity index (χ3n) is 7.26. The van der Waals surface area contributed by atoms with E-state index < -0.39 is 6.09 Å². The van der Waals surface area contributed by atoms with Crippen LogP contribution >= 0.6 is 0 Å². The fraction of sp³-hybridized carbons (Fsp3) is 0.357. The molecule has 0 aromatic carbocycles. The number of anilines is 2. The molecular formula is C28H30N8O5. The largest absolute Gasteiger partial charge is 0.488 e. The number of fused-ring (bicyclic) bond motifs is 3. The monoisotopic (exact) mass is 558 g/mol. The molecule has 2 aliphatic rings. The molecule has 4 aromatic heterocycles. The molecule has 2 aliphatic heterocycles. The highest BCUT2D eigenvalue weighted by atomic mass is 16.5. The van der Waals surface area contributed by atoms with E-state index in [4.69, 9.17) is 9.47 Å². The summed E-state index contributed by atoms with van der Waals surface area (Å²) in [5.74, 6) is 1.41. The molecule has 13 heteroatoms. The van der Waals surface area contributed by atoms with Crippen molar-refractivity contribution in [1.82, 2.24) is 35.0 Å². The van der Waals surface area contributed by atoms with E-state index in [0.717, 1.165) is 22.3 Å². The number of piperidine rings is 1. The first kappa shape index (κ1) is 26.4. The number of aromatic nitrogens is 5. The lowest BCUT2D eigenvalue weighted by atomic mass is 9.92. The van der Waals surface area contributed by atoms with Gasteiger partial charge in [-0.25, -0.2) is 9.31 Å². The van der Waals surface area contributed by atoms with Crippen LogP contribution in [0.3, 0.4) is 0 Å². The van der Waals surface area contributed by atoms with E-state index >= 15 is 0 Å². The number of ether oxygens (including phenoxy) is 2. The predicted octanol–water partition coefficient (Wildman–Crippen LogP) is 3.28. The number of pyridine rings is 2. The van der Waals surface area contributed by atoms with Crippen LogP contribution in [-0.4, -0.2) is 84.7 Å². The maximum Gasteiger partial charge on any atom is 0.407 e. The van der Waals surface area contributed by atoms with Gasteiger partial charge < -0.3 is 25.2 Å².